The highest BCUT2D eigenvalue weighted by Crippen LogP contribution is 2.38. The second-order valence-electron chi connectivity index (χ2n) is 7.04. The Balaban J connectivity index is 2.03. The quantitative estimate of drug-likeness (QED) is 0.850. The summed E-state index contributed by atoms with van der Waals surface area (Å²) in [6, 6.07) is 4.59. The molecule has 1 fully saturated rings. The van der Waals surface area contributed by atoms with Gasteiger partial charge < -0.3 is 19.7 Å². The van der Waals surface area contributed by atoms with Crippen LogP contribution in [0.5, 0.6) is 11.5 Å². The maximum Gasteiger partial charge on any atom is 0.223 e. The summed E-state index contributed by atoms with van der Waals surface area (Å²) in [6.07, 6.45) is 2.23. The van der Waals surface area contributed by atoms with Gasteiger partial charge in [0, 0.05) is 30.5 Å². The molecule has 0 radical (unpaired) electrons. The fourth-order valence-electron chi connectivity index (χ4n) is 3.70. The molecule has 0 atom stereocenters. The molecule has 6 heteroatoms. The van der Waals surface area contributed by atoms with Crippen molar-refractivity contribution in [3.8, 4) is 11.5 Å². The number of fused-ring (bicyclic) bond motifs is 1. The van der Waals surface area contributed by atoms with Gasteiger partial charge in [-0.25, -0.2) is 9.97 Å². The third kappa shape index (κ3) is 3.70. The van der Waals surface area contributed by atoms with Crippen molar-refractivity contribution in [2.24, 2.45) is 0 Å². The number of nitrogens with zero attached hydrogens (tertiary/aromatic N) is 3. The smallest absolute Gasteiger partial charge is 0.223 e. The van der Waals surface area contributed by atoms with Gasteiger partial charge in [0.05, 0.1) is 24.9 Å². The molecule has 1 N–H and O–H groups in total. The molecular weight excluding hydrogens is 328 g/mol. The summed E-state index contributed by atoms with van der Waals surface area (Å²) in [5.74, 6) is 2.56. The van der Waals surface area contributed by atoms with E-state index in [0.29, 0.717) is 24.5 Å². The molecule has 1 aromatic heterocycles. The first-order valence-electron chi connectivity index (χ1n) is 9.51. The first-order valence-corrected chi connectivity index (χ1v) is 9.51. The van der Waals surface area contributed by atoms with Crippen LogP contribution in [0, 0.1) is 0 Å². The lowest BCUT2D eigenvalue weighted by molar-refractivity contribution is 0.171. The summed E-state index contributed by atoms with van der Waals surface area (Å²) < 4.78 is 11.3. The van der Waals surface area contributed by atoms with Crippen LogP contribution < -0.4 is 14.8 Å². The van der Waals surface area contributed by atoms with Crippen molar-refractivity contribution in [1.82, 2.24) is 14.9 Å². The summed E-state index contributed by atoms with van der Waals surface area (Å²) in [4.78, 5) is 12.0. The highest BCUT2D eigenvalue weighted by molar-refractivity contribution is 5.86. The topological polar surface area (TPSA) is 59.5 Å². The molecule has 0 aliphatic carbocycles. The zero-order chi connectivity index (χ0) is 18.7. The van der Waals surface area contributed by atoms with E-state index in [-0.39, 0.29) is 0 Å². The Hall–Kier alpha value is -2.08. The standard InChI is InChI=1S/C20H30N4O2/c1-6-26-18-12-16-15(11-17(18)25-5)19(23-20(21-4)22-16)14-7-9-24(10-8-14)13(2)3/h11-14H,6-10H2,1-5H3,(H,21,22,23). The molecule has 3 rings (SSSR count). The van der Waals surface area contributed by atoms with Gasteiger partial charge >= 0.3 is 0 Å². The molecule has 142 valence electrons. The minimum Gasteiger partial charge on any atom is -0.493 e. The minimum atomic E-state index is 0.435. The van der Waals surface area contributed by atoms with Crippen LogP contribution in [0.3, 0.4) is 0 Å². The number of hydrogen-bond donors (Lipinski definition) is 1. The number of nitrogens with one attached hydrogen (secondary N) is 1. The average molecular weight is 358 g/mol. The molecule has 0 unspecified atom stereocenters. The molecule has 0 saturated carbocycles. The summed E-state index contributed by atoms with van der Waals surface area (Å²) in [5, 5.41) is 4.16. The molecule has 1 saturated heterocycles. The highest BCUT2D eigenvalue weighted by atomic mass is 16.5. The fourth-order valence-corrected chi connectivity index (χ4v) is 3.70. The maximum absolute atomic E-state index is 5.72. The van der Waals surface area contributed by atoms with Crippen molar-refractivity contribution in [2.45, 2.75) is 45.6 Å². The Bertz CT molecular complexity index is 755. The van der Waals surface area contributed by atoms with E-state index in [1.807, 2.05) is 26.1 Å². The van der Waals surface area contributed by atoms with Gasteiger partial charge in [0.1, 0.15) is 0 Å². The maximum atomic E-state index is 5.72. The SMILES string of the molecule is CCOc1cc2nc(NC)nc(C3CCN(C(C)C)CC3)c2cc1OC. The second-order valence-corrected chi connectivity index (χ2v) is 7.04. The van der Waals surface area contributed by atoms with Crippen LogP contribution >= 0.6 is 0 Å². The number of aromatic nitrogens is 2. The predicted molar refractivity (Wildman–Crippen MR) is 105 cm³/mol. The second kappa shape index (κ2) is 8.08. The molecule has 0 spiro atoms. The van der Waals surface area contributed by atoms with Gasteiger partial charge in [-0.3, -0.25) is 0 Å². The fraction of sp³-hybridized carbons (Fsp3) is 0.600. The Morgan fingerprint density at radius 2 is 1.92 bits per heavy atom. The molecule has 1 aromatic carbocycles. The molecule has 0 amide bonds. The Labute approximate surface area is 155 Å². The third-order valence-corrected chi connectivity index (χ3v) is 5.18. The van der Waals surface area contributed by atoms with E-state index in [2.05, 4.69) is 29.0 Å². The predicted octanol–water partition coefficient (Wildman–Crippen LogP) is 3.67. The highest BCUT2D eigenvalue weighted by Gasteiger charge is 2.26. The van der Waals surface area contributed by atoms with Gasteiger partial charge in [0.25, 0.3) is 0 Å². The van der Waals surface area contributed by atoms with E-state index in [1.165, 1.54) is 0 Å². The number of anilines is 1. The van der Waals surface area contributed by atoms with Crippen molar-refractivity contribution in [1.29, 1.82) is 0 Å². The van der Waals surface area contributed by atoms with E-state index in [1.54, 1.807) is 7.11 Å². The largest absolute Gasteiger partial charge is 0.493 e. The molecule has 26 heavy (non-hydrogen) atoms. The first kappa shape index (κ1) is 18.7. The lowest BCUT2D eigenvalue weighted by Crippen LogP contribution is -2.38. The van der Waals surface area contributed by atoms with Gasteiger partial charge in [-0.1, -0.05) is 0 Å². The zero-order valence-electron chi connectivity index (χ0n) is 16.5. The van der Waals surface area contributed by atoms with Crippen LogP contribution in [0.1, 0.15) is 45.2 Å². The molecule has 2 aromatic rings. The average Bonchev–Trinajstić information content (AvgIpc) is 2.66. The molecule has 6 nitrogen and oxygen atoms in total. The lowest BCUT2D eigenvalue weighted by atomic mass is 9.90. The van der Waals surface area contributed by atoms with Crippen molar-refractivity contribution in [3.05, 3.63) is 17.8 Å². The summed E-state index contributed by atoms with van der Waals surface area (Å²) >= 11 is 0. The van der Waals surface area contributed by atoms with Gasteiger partial charge in [-0.15, -0.1) is 0 Å². The first-order chi connectivity index (χ1) is 12.6. The molecule has 1 aliphatic heterocycles. The lowest BCUT2D eigenvalue weighted by Gasteiger charge is -2.34. The number of likely N-dealkylation sites (tertiary alicyclic amines) is 1. The van der Waals surface area contributed by atoms with Crippen LogP contribution in [-0.2, 0) is 0 Å². The summed E-state index contributed by atoms with van der Waals surface area (Å²) in [7, 11) is 3.53. The van der Waals surface area contributed by atoms with Crippen LogP contribution in [0.4, 0.5) is 5.95 Å². The molecule has 2 heterocycles. The number of methoxy groups -OCH3 is 1. The van der Waals surface area contributed by atoms with Crippen molar-refractivity contribution >= 4 is 16.9 Å². The van der Waals surface area contributed by atoms with Gasteiger partial charge in [-0.05, 0) is 52.8 Å². The Morgan fingerprint density at radius 1 is 1.19 bits per heavy atom. The van der Waals surface area contributed by atoms with Crippen molar-refractivity contribution < 1.29 is 9.47 Å². The van der Waals surface area contributed by atoms with Crippen molar-refractivity contribution in [2.75, 3.05) is 39.2 Å². The number of hydrogen-bond acceptors (Lipinski definition) is 6. The van der Waals surface area contributed by atoms with Gasteiger partial charge in [0.15, 0.2) is 11.5 Å². The number of ether oxygens (including phenoxy) is 2. The van der Waals surface area contributed by atoms with Crippen molar-refractivity contribution in [3.63, 3.8) is 0 Å². The molecule has 1 aliphatic rings. The Morgan fingerprint density at radius 3 is 2.50 bits per heavy atom. The van der Waals surface area contributed by atoms with Crippen LogP contribution in [0.15, 0.2) is 12.1 Å². The summed E-state index contributed by atoms with van der Waals surface area (Å²) in [5.41, 5.74) is 2.01. The minimum absolute atomic E-state index is 0.435. The number of piperidine rings is 1. The molecular formula is C20H30N4O2. The number of rotatable bonds is 6. The summed E-state index contributed by atoms with van der Waals surface area (Å²) in [6.45, 7) is 9.30. The Kier molecular flexibility index (Phi) is 5.81. The van der Waals surface area contributed by atoms with Gasteiger partial charge in [0.2, 0.25) is 5.95 Å². The monoisotopic (exact) mass is 358 g/mol. The van der Waals surface area contributed by atoms with Crippen LogP contribution in [-0.4, -0.2) is 54.8 Å². The number of benzene rings is 1. The van der Waals surface area contributed by atoms with E-state index >= 15 is 0 Å². The van der Waals surface area contributed by atoms with Gasteiger partial charge in [-0.2, -0.15) is 0 Å². The normalized spacial score (nSPS) is 16.2. The molecule has 0 bridgehead atoms. The van der Waals surface area contributed by atoms with Crippen LogP contribution in [0.2, 0.25) is 0 Å². The zero-order valence-corrected chi connectivity index (χ0v) is 16.5. The van der Waals surface area contributed by atoms with E-state index in [9.17, 15) is 0 Å². The third-order valence-electron chi connectivity index (χ3n) is 5.18. The van der Waals surface area contributed by atoms with Crippen LogP contribution in [0.25, 0.3) is 10.9 Å². The van der Waals surface area contributed by atoms with E-state index in [0.717, 1.165) is 54.0 Å². The van der Waals surface area contributed by atoms with E-state index < -0.39 is 0 Å². The van der Waals surface area contributed by atoms with E-state index in [4.69, 9.17) is 14.5 Å².